The van der Waals surface area contributed by atoms with Crippen molar-refractivity contribution in [2.24, 2.45) is 7.05 Å². The molecule has 18 heavy (non-hydrogen) atoms. The van der Waals surface area contributed by atoms with Crippen molar-refractivity contribution < 1.29 is 0 Å². The lowest BCUT2D eigenvalue weighted by atomic mass is 10.1. The zero-order valence-electron chi connectivity index (χ0n) is 9.71. The van der Waals surface area contributed by atoms with E-state index in [1.165, 1.54) is 11.3 Å². The molecule has 88 valence electrons. The topological polar surface area (TPSA) is 67.6 Å². The molecule has 0 aliphatic heterocycles. The highest BCUT2D eigenvalue weighted by atomic mass is 32.1. The third-order valence-corrected chi connectivity index (χ3v) is 3.80. The Morgan fingerprint density at radius 2 is 2.22 bits per heavy atom. The first-order chi connectivity index (χ1) is 8.70. The van der Waals surface area contributed by atoms with Crippen molar-refractivity contribution in [2.45, 2.75) is 0 Å². The summed E-state index contributed by atoms with van der Waals surface area (Å²) in [5, 5.41) is 10.8. The summed E-state index contributed by atoms with van der Waals surface area (Å²) in [6.45, 7) is 0. The van der Waals surface area contributed by atoms with Crippen molar-refractivity contribution in [3.8, 4) is 16.5 Å². The number of nitrogen functional groups attached to an aromatic ring is 1. The Morgan fingerprint density at radius 1 is 1.39 bits per heavy atom. The highest BCUT2D eigenvalue weighted by Gasteiger charge is 2.12. The lowest BCUT2D eigenvalue weighted by Crippen LogP contribution is -1.89. The van der Waals surface area contributed by atoms with Crippen molar-refractivity contribution in [1.82, 2.24) is 9.55 Å². The van der Waals surface area contributed by atoms with E-state index in [9.17, 15) is 0 Å². The molecule has 0 amide bonds. The van der Waals surface area contributed by atoms with Gasteiger partial charge in [-0.2, -0.15) is 5.26 Å². The predicted octanol–water partition coefficient (Wildman–Crippen LogP) is 2.76. The summed E-state index contributed by atoms with van der Waals surface area (Å²) < 4.78 is 1.96. The summed E-state index contributed by atoms with van der Waals surface area (Å²) in [7, 11) is 1.94. The number of aromatic nitrogens is 2. The van der Waals surface area contributed by atoms with E-state index in [4.69, 9.17) is 11.0 Å². The Morgan fingerprint density at radius 3 is 2.89 bits per heavy atom. The molecule has 4 nitrogen and oxygen atoms in total. The van der Waals surface area contributed by atoms with Crippen LogP contribution in [0.25, 0.3) is 21.3 Å². The molecule has 0 aliphatic rings. The predicted molar refractivity (Wildman–Crippen MR) is 73.2 cm³/mol. The Bertz CT molecular complexity index is 776. The molecule has 0 atom stereocenters. The fourth-order valence-electron chi connectivity index (χ4n) is 2.13. The highest BCUT2D eigenvalue weighted by molar-refractivity contribution is 7.18. The maximum absolute atomic E-state index is 9.15. The molecule has 2 aromatic heterocycles. The number of benzene rings is 1. The third-order valence-electron chi connectivity index (χ3n) is 2.94. The molecule has 2 N–H and O–H groups in total. The van der Waals surface area contributed by atoms with E-state index in [2.05, 4.69) is 11.1 Å². The van der Waals surface area contributed by atoms with Gasteiger partial charge in [-0.3, -0.25) is 0 Å². The molecule has 0 aliphatic carbocycles. The second kappa shape index (κ2) is 3.86. The zero-order valence-corrected chi connectivity index (χ0v) is 10.5. The van der Waals surface area contributed by atoms with Gasteiger partial charge in [0.2, 0.25) is 0 Å². The average Bonchev–Trinajstić information content (AvgIpc) is 2.96. The number of aryl methyl sites for hydroxylation is 1. The van der Waals surface area contributed by atoms with E-state index in [0.29, 0.717) is 10.7 Å². The number of hydrogen-bond acceptors (Lipinski definition) is 4. The van der Waals surface area contributed by atoms with Crippen molar-refractivity contribution in [1.29, 1.82) is 5.26 Å². The molecule has 3 aromatic rings. The summed E-state index contributed by atoms with van der Waals surface area (Å²) in [4.78, 5) is 5.10. The number of rotatable bonds is 1. The second-order valence-corrected chi connectivity index (χ2v) is 5.09. The van der Waals surface area contributed by atoms with E-state index in [1.54, 1.807) is 6.20 Å². The minimum absolute atomic E-state index is 0.554. The summed E-state index contributed by atoms with van der Waals surface area (Å²) in [6, 6.07) is 8.03. The number of nitrogens with two attached hydrogens (primary N) is 1. The lowest BCUT2D eigenvalue weighted by molar-refractivity contribution is 0.967. The van der Waals surface area contributed by atoms with Crippen LogP contribution in [0.4, 0.5) is 5.13 Å². The molecule has 0 fully saturated rings. The fraction of sp³-hybridized carbons (Fsp3) is 0.0769. The SMILES string of the molecule is Cn1ccc2c(-c3cnc(N)s3)ccc(C#N)c21. The maximum Gasteiger partial charge on any atom is 0.180 e. The first-order valence-electron chi connectivity index (χ1n) is 5.40. The number of hydrogen-bond donors (Lipinski definition) is 1. The van der Waals surface area contributed by atoms with Crippen LogP contribution in [0.3, 0.4) is 0 Å². The largest absolute Gasteiger partial charge is 0.375 e. The van der Waals surface area contributed by atoms with Crippen LogP contribution in [0.5, 0.6) is 0 Å². The van der Waals surface area contributed by atoms with Gasteiger partial charge in [0.15, 0.2) is 5.13 Å². The van der Waals surface area contributed by atoms with Crippen molar-refractivity contribution in [2.75, 3.05) is 5.73 Å². The highest BCUT2D eigenvalue weighted by Crippen LogP contribution is 2.34. The standard InChI is InChI=1S/C13H10N4S/c1-17-5-4-10-9(11-7-16-13(15)18-11)3-2-8(6-14)12(10)17/h2-5,7H,1H3,(H2,15,16). The van der Waals surface area contributed by atoms with Gasteiger partial charge in [-0.1, -0.05) is 17.4 Å². The second-order valence-electron chi connectivity index (χ2n) is 4.02. The van der Waals surface area contributed by atoms with Gasteiger partial charge in [0.05, 0.1) is 16.0 Å². The van der Waals surface area contributed by atoms with Gasteiger partial charge in [-0.15, -0.1) is 0 Å². The minimum Gasteiger partial charge on any atom is -0.375 e. The molecule has 0 bridgehead atoms. The smallest absolute Gasteiger partial charge is 0.180 e. The van der Waals surface area contributed by atoms with Crippen molar-refractivity contribution in [3.63, 3.8) is 0 Å². The van der Waals surface area contributed by atoms with Gasteiger partial charge in [0, 0.05) is 30.4 Å². The molecule has 0 unspecified atom stereocenters. The molecule has 5 heteroatoms. The van der Waals surface area contributed by atoms with Crippen LogP contribution in [-0.4, -0.2) is 9.55 Å². The molecule has 0 spiro atoms. The van der Waals surface area contributed by atoms with Gasteiger partial charge >= 0.3 is 0 Å². The molecule has 3 rings (SSSR count). The van der Waals surface area contributed by atoms with E-state index in [0.717, 1.165) is 21.3 Å². The average molecular weight is 254 g/mol. The number of nitrogens with zero attached hydrogens (tertiary/aromatic N) is 3. The van der Waals surface area contributed by atoms with Crippen molar-refractivity contribution >= 4 is 27.4 Å². The van der Waals surface area contributed by atoms with E-state index >= 15 is 0 Å². The Kier molecular flexibility index (Phi) is 2.32. The van der Waals surface area contributed by atoms with Gasteiger partial charge in [-0.05, 0) is 12.1 Å². The monoisotopic (exact) mass is 254 g/mol. The van der Waals surface area contributed by atoms with Crippen LogP contribution in [0.2, 0.25) is 0 Å². The van der Waals surface area contributed by atoms with Crippen LogP contribution in [0.15, 0.2) is 30.6 Å². The zero-order chi connectivity index (χ0) is 12.7. The number of thiazole rings is 1. The summed E-state index contributed by atoms with van der Waals surface area (Å²) >= 11 is 1.45. The van der Waals surface area contributed by atoms with Crippen LogP contribution in [-0.2, 0) is 7.05 Å². The molecule has 0 radical (unpaired) electrons. The van der Waals surface area contributed by atoms with Crippen LogP contribution in [0.1, 0.15) is 5.56 Å². The first-order valence-corrected chi connectivity index (χ1v) is 6.22. The number of nitriles is 1. The Labute approximate surface area is 108 Å². The van der Waals surface area contributed by atoms with Gasteiger partial charge in [-0.25, -0.2) is 4.98 Å². The molecule has 0 saturated carbocycles. The van der Waals surface area contributed by atoms with Crippen molar-refractivity contribution in [3.05, 3.63) is 36.2 Å². The van der Waals surface area contributed by atoms with E-state index in [1.807, 2.05) is 36.0 Å². The number of anilines is 1. The molecule has 1 aromatic carbocycles. The van der Waals surface area contributed by atoms with Crippen LogP contribution >= 0.6 is 11.3 Å². The van der Waals surface area contributed by atoms with Crippen LogP contribution < -0.4 is 5.73 Å². The number of fused-ring (bicyclic) bond motifs is 1. The van der Waals surface area contributed by atoms with Gasteiger partial charge < -0.3 is 10.3 Å². The van der Waals surface area contributed by atoms with Gasteiger partial charge in [0.25, 0.3) is 0 Å². The molecule has 2 heterocycles. The normalized spacial score (nSPS) is 10.7. The first kappa shape index (κ1) is 10.8. The van der Waals surface area contributed by atoms with Crippen LogP contribution in [0, 0.1) is 11.3 Å². The molecular formula is C13H10N4S. The quantitative estimate of drug-likeness (QED) is 0.726. The summed E-state index contributed by atoms with van der Waals surface area (Å²) in [5.41, 5.74) is 8.37. The van der Waals surface area contributed by atoms with Gasteiger partial charge in [0.1, 0.15) is 6.07 Å². The Hall–Kier alpha value is -2.32. The minimum atomic E-state index is 0.554. The lowest BCUT2D eigenvalue weighted by Gasteiger charge is -2.03. The molecule has 0 saturated heterocycles. The Balaban J connectivity index is 2.36. The molecular weight excluding hydrogens is 244 g/mol. The summed E-state index contributed by atoms with van der Waals surface area (Å²) in [5.74, 6) is 0. The fourth-order valence-corrected chi connectivity index (χ4v) is 2.86. The third kappa shape index (κ3) is 1.47. The summed E-state index contributed by atoms with van der Waals surface area (Å²) in [6.07, 6.45) is 3.73. The maximum atomic E-state index is 9.15. The van der Waals surface area contributed by atoms with E-state index in [-0.39, 0.29) is 0 Å². The van der Waals surface area contributed by atoms with E-state index < -0.39 is 0 Å².